The molecule has 0 saturated heterocycles. The van der Waals surface area contributed by atoms with Gasteiger partial charge in [0.05, 0.1) is 34.6 Å². The summed E-state index contributed by atoms with van der Waals surface area (Å²) in [6.07, 6.45) is 1.46. The topological polar surface area (TPSA) is 123 Å². The van der Waals surface area contributed by atoms with E-state index in [-0.39, 0.29) is 27.0 Å². The third kappa shape index (κ3) is 5.50. The molecule has 31 heavy (non-hydrogen) atoms. The van der Waals surface area contributed by atoms with E-state index in [2.05, 4.69) is 15.2 Å². The largest absolute Gasteiger partial charge is 0.497 e. The first-order valence-corrected chi connectivity index (χ1v) is 10.7. The molecule has 3 aromatic carbocycles. The number of sulfonamides is 1. The maximum absolute atomic E-state index is 13.0. The number of anilines is 2. The number of methoxy groups -OCH3 is 1. The SMILES string of the molecule is COc1cccc(C=NNc2ccc([N+](=O)[O-])cc2S(=O)(=O)Nc2ccccc2Cl)c1. The Morgan fingerprint density at radius 3 is 2.55 bits per heavy atom. The lowest BCUT2D eigenvalue weighted by atomic mass is 10.2. The molecular weight excluding hydrogens is 444 g/mol. The molecule has 0 amide bonds. The van der Waals surface area contributed by atoms with Crippen molar-refractivity contribution in [2.24, 2.45) is 5.10 Å². The van der Waals surface area contributed by atoms with Gasteiger partial charge in [0, 0.05) is 12.1 Å². The zero-order valence-corrected chi connectivity index (χ0v) is 17.7. The van der Waals surface area contributed by atoms with E-state index in [1.807, 2.05) is 0 Å². The predicted molar refractivity (Wildman–Crippen MR) is 120 cm³/mol. The first kappa shape index (κ1) is 22.1. The molecule has 11 heteroatoms. The van der Waals surface area contributed by atoms with Crippen LogP contribution in [0.15, 0.2) is 76.7 Å². The lowest BCUT2D eigenvalue weighted by Crippen LogP contribution is -2.15. The molecule has 0 spiro atoms. The zero-order chi connectivity index (χ0) is 22.4. The molecule has 0 aliphatic heterocycles. The van der Waals surface area contributed by atoms with E-state index in [4.69, 9.17) is 16.3 Å². The number of hydrogen-bond donors (Lipinski definition) is 2. The zero-order valence-electron chi connectivity index (χ0n) is 16.2. The lowest BCUT2D eigenvalue weighted by Gasteiger charge is -2.13. The van der Waals surface area contributed by atoms with Gasteiger partial charge in [-0.15, -0.1) is 0 Å². The van der Waals surface area contributed by atoms with Crippen molar-refractivity contribution < 1.29 is 18.1 Å². The highest BCUT2D eigenvalue weighted by Crippen LogP contribution is 2.30. The number of halogens is 1. The highest BCUT2D eigenvalue weighted by molar-refractivity contribution is 7.93. The third-order valence-corrected chi connectivity index (χ3v) is 5.81. The van der Waals surface area contributed by atoms with Crippen LogP contribution in [0.3, 0.4) is 0 Å². The fourth-order valence-corrected chi connectivity index (χ4v) is 4.08. The van der Waals surface area contributed by atoms with Gasteiger partial charge in [0.2, 0.25) is 0 Å². The Morgan fingerprint density at radius 1 is 1.06 bits per heavy atom. The van der Waals surface area contributed by atoms with Gasteiger partial charge in [0.1, 0.15) is 10.6 Å². The first-order chi connectivity index (χ1) is 14.8. The van der Waals surface area contributed by atoms with E-state index in [1.54, 1.807) is 36.4 Å². The van der Waals surface area contributed by atoms with Gasteiger partial charge in [-0.1, -0.05) is 35.9 Å². The van der Waals surface area contributed by atoms with Gasteiger partial charge in [-0.25, -0.2) is 8.42 Å². The molecule has 0 atom stereocenters. The van der Waals surface area contributed by atoms with Crippen molar-refractivity contribution >= 4 is 44.9 Å². The van der Waals surface area contributed by atoms with Gasteiger partial charge in [0.25, 0.3) is 15.7 Å². The molecule has 9 nitrogen and oxygen atoms in total. The van der Waals surface area contributed by atoms with Crippen LogP contribution in [-0.4, -0.2) is 26.7 Å². The van der Waals surface area contributed by atoms with Crippen LogP contribution in [-0.2, 0) is 10.0 Å². The molecule has 0 aliphatic carbocycles. The third-order valence-electron chi connectivity index (χ3n) is 4.08. The molecule has 0 aliphatic rings. The molecule has 3 rings (SSSR count). The number of hydrogen-bond acceptors (Lipinski definition) is 7. The number of ether oxygens (including phenoxy) is 1. The Morgan fingerprint density at radius 2 is 1.84 bits per heavy atom. The molecule has 0 radical (unpaired) electrons. The summed E-state index contributed by atoms with van der Waals surface area (Å²) in [5.41, 5.74) is 3.13. The van der Waals surface area contributed by atoms with Crippen molar-refractivity contribution in [1.82, 2.24) is 0 Å². The number of benzene rings is 3. The second kappa shape index (κ2) is 9.45. The molecule has 2 N–H and O–H groups in total. The van der Waals surface area contributed by atoms with Crippen molar-refractivity contribution in [2.45, 2.75) is 4.90 Å². The Balaban J connectivity index is 1.94. The molecule has 0 bridgehead atoms. The minimum Gasteiger partial charge on any atom is -0.497 e. The molecule has 160 valence electrons. The Bertz CT molecular complexity index is 1250. The molecule has 0 fully saturated rings. The molecule has 0 unspecified atom stereocenters. The normalized spacial score (nSPS) is 11.3. The Hall–Kier alpha value is -3.63. The number of nitro benzene ring substituents is 1. The van der Waals surface area contributed by atoms with Crippen LogP contribution >= 0.6 is 11.6 Å². The van der Waals surface area contributed by atoms with Gasteiger partial charge >= 0.3 is 0 Å². The van der Waals surface area contributed by atoms with Crippen molar-refractivity contribution in [1.29, 1.82) is 0 Å². The molecule has 3 aromatic rings. The number of rotatable bonds is 8. The quantitative estimate of drug-likeness (QED) is 0.290. The Labute approximate surface area is 183 Å². The van der Waals surface area contributed by atoms with Crippen molar-refractivity contribution in [3.05, 3.63) is 87.4 Å². The highest BCUT2D eigenvalue weighted by atomic mass is 35.5. The molecule has 0 aromatic heterocycles. The number of para-hydroxylation sites is 1. The fraction of sp³-hybridized carbons (Fsp3) is 0.0500. The smallest absolute Gasteiger partial charge is 0.270 e. The summed E-state index contributed by atoms with van der Waals surface area (Å²) in [5, 5.41) is 15.4. The van der Waals surface area contributed by atoms with Crippen LogP contribution in [0.1, 0.15) is 5.56 Å². The number of nitrogens with one attached hydrogen (secondary N) is 2. The maximum Gasteiger partial charge on any atom is 0.270 e. The summed E-state index contributed by atoms with van der Waals surface area (Å²) in [6.45, 7) is 0. The summed E-state index contributed by atoms with van der Waals surface area (Å²) >= 11 is 6.03. The van der Waals surface area contributed by atoms with Crippen LogP contribution in [0.25, 0.3) is 0 Å². The van der Waals surface area contributed by atoms with E-state index in [0.29, 0.717) is 11.3 Å². The van der Waals surface area contributed by atoms with Crippen LogP contribution in [0.2, 0.25) is 5.02 Å². The predicted octanol–water partition coefficient (Wildman–Crippen LogP) is 4.50. The summed E-state index contributed by atoms with van der Waals surface area (Å²) in [5.74, 6) is 0.631. The van der Waals surface area contributed by atoms with Crippen LogP contribution < -0.4 is 14.9 Å². The van der Waals surface area contributed by atoms with Gasteiger partial charge in [0.15, 0.2) is 0 Å². The standard InChI is InChI=1S/C20H17ClN4O5S/c1-30-16-6-4-5-14(11-16)13-22-23-19-10-9-15(25(26)27)12-20(19)31(28,29)24-18-8-3-2-7-17(18)21/h2-13,23-24H,1H3. The van der Waals surface area contributed by atoms with Crippen LogP contribution in [0.4, 0.5) is 17.1 Å². The fourth-order valence-electron chi connectivity index (χ4n) is 2.58. The van der Waals surface area contributed by atoms with Gasteiger partial charge in [-0.2, -0.15) is 5.10 Å². The second-order valence-electron chi connectivity index (χ2n) is 6.17. The van der Waals surface area contributed by atoms with Gasteiger partial charge in [-0.05, 0) is 35.9 Å². The van der Waals surface area contributed by atoms with Gasteiger partial charge in [-0.3, -0.25) is 20.3 Å². The van der Waals surface area contributed by atoms with E-state index in [1.165, 1.54) is 37.6 Å². The summed E-state index contributed by atoms with van der Waals surface area (Å²) in [4.78, 5) is 10.1. The summed E-state index contributed by atoms with van der Waals surface area (Å²) in [6, 6.07) is 16.7. The monoisotopic (exact) mass is 460 g/mol. The number of non-ortho nitro benzene ring substituents is 1. The minimum absolute atomic E-state index is 0.0456. The number of hydrazone groups is 1. The van der Waals surface area contributed by atoms with E-state index in [9.17, 15) is 18.5 Å². The van der Waals surface area contributed by atoms with Crippen molar-refractivity contribution in [3.8, 4) is 5.75 Å². The van der Waals surface area contributed by atoms with E-state index >= 15 is 0 Å². The average molecular weight is 461 g/mol. The van der Waals surface area contributed by atoms with Crippen LogP contribution in [0.5, 0.6) is 5.75 Å². The summed E-state index contributed by atoms with van der Waals surface area (Å²) < 4.78 is 33.4. The van der Waals surface area contributed by atoms with E-state index in [0.717, 1.165) is 6.07 Å². The van der Waals surface area contributed by atoms with Crippen molar-refractivity contribution in [3.63, 3.8) is 0 Å². The van der Waals surface area contributed by atoms with Crippen LogP contribution in [0, 0.1) is 10.1 Å². The second-order valence-corrected chi connectivity index (χ2v) is 8.23. The number of nitrogens with zero attached hydrogens (tertiary/aromatic N) is 2. The molecular formula is C20H17ClN4O5S. The molecule has 0 heterocycles. The van der Waals surface area contributed by atoms with Crippen molar-refractivity contribution in [2.75, 3.05) is 17.3 Å². The molecule has 0 saturated carbocycles. The lowest BCUT2D eigenvalue weighted by molar-refractivity contribution is -0.385. The first-order valence-electron chi connectivity index (χ1n) is 8.79. The van der Waals surface area contributed by atoms with E-state index < -0.39 is 14.9 Å². The highest BCUT2D eigenvalue weighted by Gasteiger charge is 2.23. The van der Waals surface area contributed by atoms with Gasteiger partial charge < -0.3 is 4.74 Å². The average Bonchev–Trinajstić information content (AvgIpc) is 2.75. The minimum atomic E-state index is -4.22. The summed E-state index contributed by atoms with van der Waals surface area (Å²) in [7, 11) is -2.69. The number of nitro groups is 1. The Kier molecular flexibility index (Phi) is 6.73. The maximum atomic E-state index is 13.0.